The summed E-state index contributed by atoms with van der Waals surface area (Å²) < 4.78 is 28.1. The van der Waals surface area contributed by atoms with Crippen molar-refractivity contribution in [2.45, 2.75) is 12.8 Å². The number of carbonyl (C=O) groups excluding carboxylic acids is 1. The highest BCUT2D eigenvalue weighted by Crippen LogP contribution is 2.24. The van der Waals surface area contributed by atoms with Crippen molar-refractivity contribution in [3.8, 4) is 16.9 Å². The van der Waals surface area contributed by atoms with Crippen molar-refractivity contribution >= 4 is 15.8 Å². The highest BCUT2D eigenvalue weighted by Gasteiger charge is 2.29. The standard InChI is InChI=1S/C18H18O4S/c19-18(12-14-10-11-23(20,21)13-14)22-17-8-6-16(7-9-17)15-4-2-1-3-5-15/h1-9,14H,10-13H2/t14-/m0/s1. The first-order chi connectivity index (χ1) is 11.0. The zero-order chi connectivity index (χ0) is 16.3. The summed E-state index contributed by atoms with van der Waals surface area (Å²) in [6, 6.07) is 17.2. The Kier molecular flexibility index (Phi) is 4.48. The number of hydrogen-bond donors (Lipinski definition) is 0. The van der Waals surface area contributed by atoms with E-state index in [1.807, 2.05) is 42.5 Å². The van der Waals surface area contributed by atoms with Crippen molar-refractivity contribution < 1.29 is 17.9 Å². The van der Waals surface area contributed by atoms with Crippen LogP contribution in [0.3, 0.4) is 0 Å². The van der Waals surface area contributed by atoms with E-state index in [1.165, 1.54) is 0 Å². The van der Waals surface area contributed by atoms with Crippen LogP contribution in [0, 0.1) is 5.92 Å². The Morgan fingerprint density at radius 1 is 1.00 bits per heavy atom. The number of carbonyl (C=O) groups is 1. The molecule has 0 unspecified atom stereocenters. The lowest BCUT2D eigenvalue weighted by molar-refractivity contribution is -0.135. The van der Waals surface area contributed by atoms with Crippen LogP contribution in [0.25, 0.3) is 11.1 Å². The third kappa shape index (κ3) is 4.20. The first kappa shape index (κ1) is 15.7. The molecule has 1 atom stereocenters. The van der Waals surface area contributed by atoms with Crippen LogP contribution in [0.1, 0.15) is 12.8 Å². The van der Waals surface area contributed by atoms with Gasteiger partial charge in [-0.3, -0.25) is 4.79 Å². The normalized spacial score (nSPS) is 19.4. The SMILES string of the molecule is O=C(C[C@@H]1CCS(=O)(=O)C1)Oc1ccc(-c2ccccc2)cc1. The van der Waals surface area contributed by atoms with Gasteiger partial charge < -0.3 is 4.74 Å². The van der Waals surface area contributed by atoms with Crippen LogP contribution in [0.15, 0.2) is 54.6 Å². The molecular formula is C18H18O4S. The van der Waals surface area contributed by atoms with Gasteiger partial charge in [0.15, 0.2) is 9.84 Å². The molecule has 23 heavy (non-hydrogen) atoms. The van der Waals surface area contributed by atoms with E-state index in [2.05, 4.69) is 0 Å². The van der Waals surface area contributed by atoms with Gasteiger partial charge in [-0.15, -0.1) is 0 Å². The Bertz CT molecular complexity index is 780. The van der Waals surface area contributed by atoms with E-state index in [0.717, 1.165) is 11.1 Å². The molecule has 0 saturated carbocycles. The minimum absolute atomic E-state index is 0.0923. The lowest BCUT2D eigenvalue weighted by atomic mass is 10.1. The molecule has 2 aromatic rings. The predicted octanol–water partition coefficient (Wildman–Crippen LogP) is 3.08. The van der Waals surface area contributed by atoms with Gasteiger partial charge >= 0.3 is 5.97 Å². The fourth-order valence-corrected chi connectivity index (χ4v) is 4.65. The average Bonchev–Trinajstić information content (AvgIpc) is 2.87. The van der Waals surface area contributed by atoms with Crippen molar-refractivity contribution in [3.63, 3.8) is 0 Å². The number of esters is 1. The third-order valence-corrected chi connectivity index (χ3v) is 5.81. The molecule has 3 rings (SSSR count). The van der Waals surface area contributed by atoms with Crippen LogP contribution >= 0.6 is 0 Å². The molecule has 0 bridgehead atoms. The number of hydrogen-bond acceptors (Lipinski definition) is 4. The second kappa shape index (κ2) is 6.54. The van der Waals surface area contributed by atoms with E-state index in [0.29, 0.717) is 12.2 Å². The van der Waals surface area contributed by atoms with Crippen LogP contribution < -0.4 is 4.74 Å². The molecule has 120 valence electrons. The quantitative estimate of drug-likeness (QED) is 0.638. The smallest absolute Gasteiger partial charge is 0.311 e. The van der Waals surface area contributed by atoms with Crippen LogP contribution in [0.2, 0.25) is 0 Å². The molecular weight excluding hydrogens is 312 g/mol. The Morgan fingerprint density at radius 3 is 2.26 bits per heavy atom. The molecule has 5 heteroatoms. The van der Waals surface area contributed by atoms with Gasteiger partial charge in [-0.1, -0.05) is 42.5 Å². The summed E-state index contributed by atoms with van der Waals surface area (Å²) in [5.74, 6) is 0.261. The van der Waals surface area contributed by atoms with Gasteiger partial charge in [-0.25, -0.2) is 8.42 Å². The van der Waals surface area contributed by atoms with Crippen LogP contribution in [0.5, 0.6) is 5.75 Å². The summed E-state index contributed by atoms with van der Waals surface area (Å²) in [6.07, 6.45) is 0.698. The van der Waals surface area contributed by atoms with Gasteiger partial charge in [-0.05, 0) is 35.6 Å². The second-order valence-electron chi connectivity index (χ2n) is 5.84. The van der Waals surface area contributed by atoms with E-state index in [1.54, 1.807) is 12.1 Å². The summed E-state index contributed by atoms with van der Waals surface area (Å²) in [7, 11) is -2.96. The molecule has 0 aromatic heterocycles. The molecule has 1 heterocycles. The summed E-state index contributed by atoms with van der Waals surface area (Å²) >= 11 is 0. The monoisotopic (exact) mass is 330 g/mol. The molecule has 1 aliphatic rings. The maximum absolute atomic E-state index is 11.9. The Hall–Kier alpha value is -2.14. The van der Waals surface area contributed by atoms with Gasteiger partial charge in [0.25, 0.3) is 0 Å². The average molecular weight is 330 g/mol. The van der Waals surface area contributed by atoms with Crippen molar-refractivity contribution in [1.82, 2.24) is 0 Å². The lowest BCUT2D eigenvalue weighted by Crippen LogP contribution is -2.15. The molecule has 1 aliphatic heterocycles. The molecule has 1 saturated heterocycles. The Morgan fingerprint density at radius 2 is 1.65 bits per heavy atom. The van der Waals surface area contributed by atoms with Crippen molar-refractivity contribution in [2.75, 3.05) is 11.5 Å². The summed E-state index contributed by atoms with van der Waals surface area (Å²) in [6.45, 7) is 0. The molecule has 0 aliphatic carbocycles. The van der Waals surface area contributed by atoms with E-state index in [-0.39, 0.29) is 29.8 Å². The Labute approximate surface area is 136 Å². The van der Waals surface area contributed by atoms with Gasteiger partial charge in [0, 0.05) is 6.42 Å². The zero-order valence-electron chi connectivity index (χ0n) is 12.6. The maximum atomic E-state index is 11.9. The molecule has 0 spiro atoms. The van der Waals surface area contributed by atoms with Gasteiger partial charge in [0.05, 0.1) is 11.5 Å². The summed E-state index contributed by atoms with van der Waals surface area (Å²) in [4.78, 5) is 11.9. The van der Waals surface area contributed by atoms with Crippen molar-refractivity contribution in [2.24, 2.45) is 5.92 Å². The van der Waals surface area contributed by atoms with E-state index < -0.39 is 9.84 Å². The maximum Gasteiger partial charge on any atom is 0.311 e. The topological polar surface area (TPSA) is 60.4 Å². The van der Waals surface area contributed by atoms with Crippen LogP contribution in [-0.4, -0.2) is 25.9 Å². The number of ether oxygens (including phenoxy) is 1. The first-order valence-electron chi connectivity index (χ1n) is 7.58. The minimum Gasteiger partial charge on any atom is -0.427 e. The lowest BCUT2D eigenvalue weighted by Gasteiger charge is -2.08. The largest absolute Gasteiger partial charge is 0.427 e. The highest BCUT2D eigenvalue weighted by atomic mass is 32.2. The number of rotatable bonds is 4. The van der Waals surface area contributed by atoms with Crippen LogP contribution in [-0.2, 0) is 14.6 Å². The van der Waals surface area contributed by atoms with Crippen molar-refractivity contribution in [3.05, 3.63) is 54.6 Å². The van der Waals surface area contributed by atoms with E-state index in [9.17, 15) is 13.2 Å². The summed E-state index contributed by atoms with van der Waals surface area (Å²) in [5, 5.41) is 0. The molecule has 0 radical (unpaired) electrons. The zero-order valence-corrected chi connectivity index (χ0v) is 13.5. The predicted molar refractivity (Wildman–Crippen MR) is 88.9 cm³/mol. The molecule has 2 aromatic carbocycles. The molecule has 0 amide bonds. The molecule has 4 nitrogen and oxygen atoms in total. The highest BCUT2D eigenvalue weighted by molar-refractivity contribution is 7.91. The van der Waals surface area contributed by atoms with Crippen molar-refractivity contribution in [1.29, 1.82) is 0 Å². The number of sulfone groups is 1. The van der Waals surface area contributed by atoms with Gasteiger partial charge in [0.2, 0.25) is 0 Å². The van der Waals surface area contributed by atoms with Crippen LogP contribution in [0.4, 0.5) is 0 Å². The molecule has 0 N–H and O–H groups in total. The fraction of sp³-hybridized carbons (Fsp3) is 0.278. The number of benzene rings is 2. The van der Waals surface area contributed by atoms with E-state index in [4.69, 9.17) is 4.74 Å². The molecule has 1 fully saturated rings. The second-order valence-corrected chi connectivity index (χ2v) is 8.07. The van der Waals surface area contributed by atoms with Gasteiger partial charge in [0.1, 0.15) is 5.75 Å². The van der Waals surface area contributed by atoms with Gasteiger partial charge in [-0.2, -0.15) is 0 Å². The first-order valence-corrected chi connectivity index (χ1v) is 9.40. The van der Waals surface area contributed by atoms with E-state index >= 15 is 0 Å². The fourth-order valence-electron chi connectivity index (χ4n) is 2.79. The third-order valence-electron chi connectivity index (χ3n) is 3.98. The minimum atomic E-state index is -2.96. The summed E-state index contributed by atoms with van der Waals surface area (Å²) in [5.41, 5.74) is 2.15. The Balaban J connectivity index is 1.59.